The van der Waals surface area contributed by atoms with E-state index in [9.17, 15) is 4.79 Å². The van der Waals surface area contributed by atoms with Crippen LogP contribution in [-0.4, -0.2) is 17.5 Å². The Bertz CT molecular complexity index is 1420. The summed E-state index contributed by atoms with van der Waals surface area (Å²) in [5.74, 6) is 1.21. The first-order valence-corrected chi connectivity index (χ1v) is 10.8. The Labute approximate surface area is 192 Å². The lowest BCUT2D eigenvalue weighted by atomic mass is 10.1. The van der Waals surface area contributed by atoms with Gasteiger partial charge in [-0.2, -0.15) is 4.57 Å². The molecule has 5 aromatic rings. The number of benzene rings is 4. The Balaban J connectivity index is 1.53. The molecule has 0 unspecified atom stereocenters. The van der Waals surface area contributed by atoms with Crippen molar-refractivity contribution in [3.05, 3.63) is 109 Å². The molecule has 0 amide bonds. The normalized spacial score (nSPS) is 10.9. The van der Waals surface area contributed by atoms with Gasteiger partial charge in [0.25, 0.3) is 0 Å². The zero-order valence-corrected chi connectivity index (χ0v) is 18.3. The molecule has 0 aliphatic carbocycles. The largest absolute Gasteiger partial charge is 0.497 e. The second kappa shape index (κ2) is 8.63. The second-order valence-electron chi connectivity index (χ2n) is 7.83. The quantitative estimate of drug-likeness (QED) is 0.300. The Morgan fingerprint density at radius 1 is 0.818 bits per heavy atom. The number of nitrogens with two attached hydrogens (primary N) is 1. The number of methoxy groups -OCH3 is 1. The van der Waals surface area contributed by atoms with E-state index < -0.39 is 0 Å². The molecule has 0 saturated heterocycles. The van der Waals surface area contributed by atoms with Crippen LogP contribution in [0, 0.1) is 0 Å². The van der Waals surface area contributed by atoms with Crippen molar-refractivity contribution in [3.63, 3.8) is 0 Å². The van der Waals surface area contributed by atoms with E-state index in [0.717, 1.165) is 27.8 Å². The van der Waals surface area contributed by atoms with E-state index >= 15 is 0 Å². The van der Waals surface area contributed by atoms with Gasteiger partial charge in [-0.1, -0.05) is 54.6 Å². The number of carbonyl (C=O) groups is 1. The first-order valence-electron chi connectivity index (χ1n) is 10.8. The van der Waals surface area contributed by atoms with E-state index in [4.69, 9.17) is 10.5 Å². The molecule has 0 saturated carbocycles. The van der Waals surface area contributed by atoms with Gasteiger partial charge in [0.1, 0.15) is 29.0 Å². The van der Waals surface area contributed by atoms with Crippen LogP contribution in [0.25, 0.3) is 27.8 Å². The molecule has 1 heterocycles. The number of para-hydroxylation sites is 2. The van der Waals surface area contributed by atoms with Crippen LogP contribution in [0.15, 0.2) is 103 Å². The van der Waals surface area contributed by atoms with Crippen molar-refractivity contribution in [2.75, 3.05) is 12.8 Å². The van der Waals surface area contributed by atoms with Crippen LogP contribution in [0.4, 0.5) is 5.95 Å². The number of hydrogen-bond acceptors (Lipinski definition) is 3. The molecule has 0 aliphatic heterocycles. The zero-order chi connectivity index (χ0) is 22.8. The summed E-state index contributed by atoms with van der Waals surface area (Å²) < 4.78 is 9.05. The molecule has 162 valence electrons. The van der Waals surface area contributed by atoms with Crippen LogP contribution in [-0.2, 0) is 6.54 Å². The van der Waals surface area contributed by atoms with E-state index in [0.29, 0.717) is 17.3 Å². The number of fused-ring (bicyclic) bond motifs is 1. The van der Waals surface area contributed by atoms with Gasteiger partial charge < -0.3 is 4.74 Å². The van der Waals surface area contributed by atoms with Gasteiger partial charge in [0.2, 0.25) is 0 Å². The highest BCUT2D eigenvalue weighted by molar-refractivity contribution is 5.95. The second-order valence-corrected chi connectivity index (χ2v) is 7.83. The number of imidazole rings is 1. The van der Waals surface area contributed by atoms with Crippen LogP contribution < -0.4 is 15.0 Å². The average molecular weight is 435 g/mol. The minimum Gasteiger partial charge on any atom is -0.497 e. The first-order chi connectivity index (χ1) is 16.2. The topological polar surface area (TPSA) is 61.1 Å². The third-order valence-corrected chi connectivity index (χ3v) is 5.87. The van der Waals surface area contributed by atoms with Gasteiger partial charge in [-0.15, -0.1) is 0 Å². The van der Waals surface area contributed by atoms with Gasteiger partial charge in [-0.25, -0.2) is 4.57 Å². The van der Waals surface area contributed by atoms with Crippen molar-refractivity contribution in [2.24, 2.45) is 0 Å². The number of ketones is 1. The molecule has 5 rings (SSSR count). The first kappa shape index (κ1) is 20.5. The third-order valence-electron chi connectivity index (χ3n) is 5.87. The fourth-order valence-electron chi connectivity index (χ4n) is 4.13. The molecule has 5 nitrogen and oxygen atoms in total. The number of rotatable bonds is 6. The lowest BCUT2D eigenvalue weighted by Gasteiger charge is -2.05. The number of anilines is 1. The monoisotopic (exact) mass is 434 g/mol. The molecule has 0 spiro atoms. The Kier molecular flexibility index (Phi) is 5.37. The average Bonchev–Trinajstić information content (AvgIpc) is 3.15. The van der Waals surface area contributed by atoms with Crippen molar-refractivity contribution in [3.8, 4) is 22.6 Å². The smallest absolute Gasteiger partial charge is 0.361 e. The summed E-state index contributed by atoms with van der Waals surface area (Å²) in [5, 5.41) is 0. The molecule has 0 aliphatic rings. The molecule has 2 N–H and O–H groups in total. The highest BCUT2D eigenvalue weighted by atomic mass is 16.5. The van der Waals surface area contributed by atoms with Crippen molar-refractivity contribution >= 4 is 22.8 Å². The summed E-state index contributed by atoms with van der Waals surface area (Å²) in [4.78, 5) is 13.0. The Morgan fingerprint density at radius 2 is 1.45 bits per heavy atom. The summed E-state index contributed by atoms with van der Waals surface area (Å²) in [6.45, 7) is 0.147. The van der Waals surface area contributed by atoms with E-state index in [1.165, 1.54) is 0 Å². The molecule has 1 aromatic heterocycles. The fraction of sp³-hybridized carbons (Fsp3) is 0.0714. The van der Waals surface area contributed by atoms with Crippen LogP contribution in [0.2, 0.25) is 0 Å². The predicted molar refractivity (Wildman–Crippen MR) is 131 cm³/mol. The van der Waals surface area contributed by atoms with Crippen molar-refractivity contribution in [1.29, 1.82) is 0 Å². The standard InChI is InChI=1S/C28H23N3O2/c1-33-24-17-13-22(14-18-24)27(32)19-30-25-9-5-6-10-26(25)31(28(30)29)23-15-11-21(12-16-23)20-7-3-2-4-8-20/h2-18,29H,19H2,1H3/p+1. The number of aromatic nitrogens is 2. The highest BCUT2D eigenvalue weighted by Crippen LogP contribution is 2.25. The van der Waals surface area contributed by atoms with E-state index in [-0.39, 0.29) is 12.3 Å². The minimum absolute atomic E-state index is 0.0170. The number of nitrogens with zero attached hydrogens (tertiary/aromatic N) is 2. The maximum atomic E-state index is 13.0. The maximum Gasteiger partial charge on any atom is 0.361 e. The number of carbonyl (C=O) groups excluding carboxylic acids is 1. The number of hydrogen-bond donors (Lipinski definition) is 1. The van der Waals surface area contributed by atoms with E-state index in [2.05, 4.69) is 36.4 Å². The van der Waals surface area contributed by atoms with Crippen LogP contribution in [0.1, 0.15) is 10.4 Å². The van der Waals surface area contributed by atoms with Gasteiger partial charge in [0.15, 0.2) is 5.78 Å². The molecule has 0 bridgehead atoms. The summed E-state index contributed by atoms with van der Waals surface area (Å²) in [6.07, 6.45) is 0. The predicted octanol–water partition coefficient (Wildman–Crippen LogP) is 5.06. The lowest BCUT2D eigenvalue weighted by molar-refractivity contribution is -0.642. The van der Waals surface area contributed by atoms with Gasteiger partial charge in [0.05, 0.1) is 7.11 Å². The Hall–Kier alpha value is -4.38. The van der Waals surface area contributed by atoms with Crippen molar-refractivity contribution < 1.29 is 14.1 Å². The number of nitrogen functional groups attached to an aromatic ring is 1. The highest BCUT2D eigenvalue weighted by Gasteiger charge is 2.24. The minimum atomic E-state index is -0.0170. The van der Waals surface area contributed by atoms with E-state index in [1.54, 1.807) is 31.4 Å². The third kappa shape index (κ3) is 3.85. The molecule has 0 atom stereocenters. The molecule has 33 heavy (non-hydrogen) atoms. The van der Waals surface area contributed by atoms with Crippen LogP contribution in [0.5, 0.6) is 5.75 Å². The molecule has 5 heteroatoms. The van der Waals surface area contributed by atoms with E-state index in [1.807, 2.05) is 51.6 Å². The van der Waals surface area contributed by atoms with Gasteiger partial charge in [-0.3, -0.25) is 10.5 Å². The van der Waals surface area contributed by atoms with Gasteiger partial charge in [0, 0.05) is 5.56 Å². The summed E-state index contributed by atoms with van der Waals surface area (Å²) in [5.41, 5.74) is 12.3. The number of ether oxygens (including phenoxy) is 1. The maximum absolute atomic E-state index is 13.0. The molecule has 0 fully saturated rings. The Morgan fingerprint density at radius 3 is 2.15 bits per heavy atom. The summed E-state index contributed by atoms with van der Waals surface area (Å²) in [7, 11) is 1.61. The zero-order valence-electron chi connectivity index (χ0n) is 18.3. The molecular weight excluding hydrogens is 410 g/mol. The fourth-order valence-corrected chi connectivity index (χ4v) is 4.13. The molecule has 4 aromatic carbocycles. The van der Waals surface area contributed by atoms with Crippen LogP contribution in [0.3, 0.4) is 0 Å². The number of Topliss-reactive ketones (excluding diaryl/α,β-unsaturated/α-hetero) is 1. The van der Waals surface area contributed by atoms with Crippen molar-refractivity contribution in [2.45, 2.75) is 6.54 Å². The van der Waals surface area contributed by atoms with Gasteiger partial charge in [-0.05, 0) is 59.7 Å². The molecule has 0 radical (unpaired) electrons. The molecular formula is C28H24N3O2+. The lowest BCUT2D eigenvalue weighted by Crippen LogP contribution is -2.40. The van der Waals surface area contributed by atoms with Crippen LogP contribution >= 0.6 is 0 Å². The van der Waals surface area contributed by atoms with Crippen molar-refractivity contribution in [1.82, 2.24) is 4.57 Å². The summed E-state index contributed by atoms with van der Waals surface area (Å²) in [6, 6.07) is 33.6. The van der Waals surface area contributed by atoms with Gasteiger partial charge >= 0.3 is 5.95 Å². The SMILES string of the molecule is COc1ccc(C(=O)C[n+]2c(N)n(-c3ccc(-c4ccccc4)cc3)c3ccccc32)cc1. The summed E-state index contributed by atoms with van der Waals surface area (Å²) >= 11 is 0.